The smallest absolute Gasteiger partial charge is 0.216 e. The van der Waals surface area contributed by atoms with Crippen LogP contribution in [0.1, 0.15) is 40.0 Å². The van der Waals surface area contributed by atoms with E-state index in [1.54, 1.807) is 0 Å². The van der Waals surface area contributed by atoms with Crippen LogP contribution in [0.25, 0.3) is 0 Å². The van der Waals surface area contributed by atoms with E-state index in [0.717, 1.165) is 19.3 Å². The molecular weight excluding hydrogens is 166 g/mol. The minimum atomic E-state index is -0.288. The lowest BCUT2D eigenvalue weighted by Crippen LogP contribution is -2.37. The molecule has 0 aromatic rings. The Morgan fingerprint density at radius 1 is 1.38 bits per heavy atom. The summed E-state index contributed by atoms with van der Waals surface area (Å²) in [5, 5.41) is 10.8. The Bertz CT molecular complexity index is 191. The molecule has 0 unspecified atom stereocenters. The highest BCUT2D eigenvalue weighted by Crippen LogP contribution is 2.34. The van der Waals surface area contributed by atoms with Crippen LogP contribution in [-0.4, -0.2) is 11.0 Å². The molecule has 0 heterocycles. The molecule has 0 radical (unpaired) electrons. The van der Waals surface area contributed by atoms with Crippen molar-refractivity contribution in [2.24, 2.45) is 17.8 Å². The molecule has 1 aliphatic rings. The fourth-order valence-electron chi connectivity index (χ4n) is 2.39. The van der Waals surface area contributed by atoms with Gasteiger partial charge in [0, 0.05) is 17.3 Å². The molecule has 1 saturated carbocycles. The second kappa shape index (κ2) is 4.07. The van der Waals surface area contributed by atoms with E-state index in [2.05, 4.69) is 20.8 Å². The first-order chi connectivity index (χ1) is 6.02. The Balaban J connectivity index is 2.66. The summed E-state index contributed by atoms with van der Waals surface area (Å²) in [6.45, 7) is 6.31. The number of nitrogens with zero attached hydrogens (tertiary/aromatic N) is 1. The average molecular weight is 185 g/mol. The largest absolute Gasteiger partial charge is 0.264 e. The molecule has 0 bridgehead atoms. The standard InChI is InChI=1S/C10H19NO2/c1-7(2)9-5-4-8(3)6-10(9)11(12)13/h7-10H,4-6H2,1-3H3/t8-,9-,10+/m1/s1. The van der Waals surface area contributed by atoms with Gasteiger partial charge < -0.3 is 0 Å². The third-order valence-corrected chi connectivity index (χ3v) is 3.26. The molecule has 13 heavy (non-hydrogen) atoms. The van der Waals surface area contributed by atoms with E-state index in [-0.39, 0.29) is 11.0 Å². The maximum Gasteiger partial charge on any atom is 0.216 e. The van der Waals surface area contributed by atoms with Crippen LogP contribution in [0, 0.1) is 27.9 Å². The van der Waals surface area contributed by atoms with E-state index in [1.807, 2.05) is 0 Å². The van der Waals surface area contributed by atoms with Gasteiger partial charge >= 0.3 is 0 Å². The normalized spacial score (nSPS) is 34.9. The highest BCUT2D eigenvalue weighted by Gasteiger charge is 2.38. The SMILES string of the molecule is CC(C)[C@H]1CC[C@@H](C)C[C@@H]1[N+](=O)[O-]. The van der Waals surface area contributed by atoms with Crippen LogP contribution in [0.5, 0.6) is 0 Å². The minimum absolute atomic E-state index is 0.0691. The Labute approximate surface area is 79.7 Å². The minimum Gasteiger partial charge on any atom is -0.264 e. The topological polar surface area (TPSA) is 43.1 Å². The average Bonchev–Trinajstić information content (AvgIpc) is 2.03. The molecule has 0 amide bonds. The van der Waals surface area contributed by atoms with Crippen molar-refractivity contribution in [2.45, 2.75) is 46.1 Å². The molecule has 1 fully saturated rings. The van der Waals surface area contributed by atoms with Gasteiger partial charge in [-0.05, 0) is 24.7 Å². The highest BCUT2D eigenvalue weighted by molar-refractivity contribution is 4.80. The first kappa shape index (κ1) is 10.5. The van der Waals surface area contributed by atoms with Crippen molar-refractivity contribution in [1.29, 1.82) is 0 Å². The van der Waals surface area contributed by atoms with Crippen LogP contribution < -0.4 is 0 Å². The monoisotopic (exact) mass is 185 g/mol. The second-order valence-electron chi connectivity index (χ2n) is 4.68. The summed E-state index contributed by atoms with van der Waals surface area (Å²) < 4.78 is 0. The quantitative estimate of drug-likeness (QED) is 0.490. The van der Waals surface area contributed by atoms with Crippen LogP contribution in [0.3, 0.4) is 0 Å². The molecule has 3 nitrogen and oxygen atoms in total. The molecule has 0 spiro atoms. The van der Waals surface area contributed by atoms with E-state index in [9.17, 15) is 10.1 Å². The van der Waals surface area contributed by atoms with Gasteiger partial charge in [0.1, 0.15) is 0 Å². The summed E-state index contributed by atoms with van der Waals surface area (Å²) >= 11 is 0. The van der Waals surface area contributed by atoms with E-state index in [1.165, 1.54) is 0 Å². The summed E-state index contributed by atoms with van der Waals surface area (Å²) in [4.78, 5) is 10.8. The van der Waals surface area contributed by atoms with E-state index in [0.29, 0.717) is 17.8 Å². The maximum atomic E-state index is 10.8. The Morgan fingerprint density at radius 2 is 2.00 bits per heavy atom. The van der Waals surface area contributed by atoms with Crippen molar-refractivity contribution < 1.29 is 4.92 Å². The predicted molar refractivity (Wildman–Crippen MR) is 52.1 cm³/mol. The molecule has 1 aliphatic carbocycles. The maximum absolute atomic E-state index is 10.8. The van der Waals surface area contributed by atoms with Gasteiger partial charge in [-0.1, -0.05) is 20.8 Å². The summed E-state index contributed by atoms with van der Waals surface area (Å²) in [7, 11) is 0. The molecule has 76 valence electrons. The lowest BCUT2D eigenvalue weighted by Gasteiger charge is -2.31. The van der Waals surface area contributed by atoms with Crippen LogP contribution in [0.2, 0.25) is 0 Å². The van der Waals surface area contributed by atoms with Gasteiger partial charge in [0.2, 0.25) is 6.04 Å². The lowest BCUT2D eigenvalue weighted by atomic mass is 9.74. The van der Waals surface area contributed by atoms with Crippen molar-refractivity contribution in [3.05, 3.63) is 10.1 Å². The van der Waals surface area contributed by atoms with Gasteiger partial charge in [-0.25, -0.2) is 0 Å². The predicted octanol–water partition coefficient (Wildman–Crippen LogP) is 2.72. The Morgan fingerprint density at radius 3 is 2.46 bits per heavy atom. The number of nitro groups is 1. The summed E-state index contributed by atoms with van der Waals surface area (Å²) in [5.74, 6) is 1.28. The zero-order chi connectivity index (χ0) is 10.0. The third-order valence-electron chi connectivity index (χ3n) is 3.26. The van der Waals surface area contributed by atoms with Crippen LogP contribution in [0.15, 0.2) is 0 Å². The second-order valence-corrected chi connectivity index (χ2v) is 4.68. The molecule has 0 aromatic carbocycles. The van der Waals surface area contributed by atoms with Crippen LogP contribution in [-0.2, 0) is 0 Å². The molecule has 0 N–H and O–H groups in total. The van der Waals surface area contributed by atoms with Gasteiger partial charge in [0.15, 0.2) is 0 Å². The van der Waals surface area contributed by atoms with Crippen LogP contribution in [0.4, 0.5) is 0 Å². The fraction of sp³-hybridized carbons (Fsp3) is 1.00. The van der Waals surface area contributed by atoms with E-state index >= 15 is 0 Å². The van der Waals surface area contributed by atoms with Crippen LogP contribution >= 0.6 is 0 Å². The molecule has 0 aliphatic heterocycles. The Kier molecular flexibility index (Phi) is 3.28. The summed E-state index contributed by atoms with van der Waals surface area (Å²) in [6, 6.07) is -0.288. The number of hydrogen-bond donors (Lipinski definition) is 0. The Hall–Kier alpha value is -0.600. The van der Waals surface area contributed by atoms with Gasteiger partial charge in [-0.15, -0.1) is 0 Å². The summed E-state index contributed by atoms with van der Waals surface area (Å²) in [5.41, 5.74) is 0. The molecule has 3 atom stereocenters. The van der Waals surface area contributed by atoms with Crippen molar-refractivity contribution in [1.82, 2.24) is 0 Å². The first-order valence-electron chi connectivity index (χ1n) is 5.16. The van der Waals surface area contributed by atoms with Gasteiger partial charge in [0.25, 0.3) is 0 Å². The fourth-order valence-corrected chi connectivity index (χ4v) is 2.39. The van der Waals surface area contributed by atoms with Gasteiger partial charge in [0.05, 0.1) is 0 Å². The number of rotatable bonds is 2. The van der Waals surface area contributed by atoms with E-state index < -0.39 is 0 Å². The molecule has 0 saturated heterocycles. The lowest BCUT2D eigenvalue weighted by molar-refractivity contribution is -0.539. The van der Waals surface area contributed by atoms with Gasteiger partial charge in [-0.3, -0.25) is 10.1 Å². The molecular formula is C10H19NO2. The highest BCUT2D eigenvalue weighted by atomic mass is 16.6. The van der Waals surface area contributed by atoms with Crippen molar-refractivity contribution >= 4 is 0 Å². The number of hydrogen-bond acceptors (Lipinski definition) is 2. The molecule has 0 aromatic heterocycles. The summed E-state index contributed by atoms with van der Waals surface area (Å²) in [6.07, 6.45) is 2.97. The molecule has 1 rings (SSSR count). The van der Waals surface area contributed by atoms with Crippen molar-refractivity contribution in [2.75, 3.05) is 0 Å². The molecule has 3 heteroatoms. The van der Waals surface area contributed by atoms with Gasteiger partial charge in [-0.2, -0.15) is 0 Å². The van der Waals surface area contributed by atoms with E-state index in [4.69, 9.17) is 0 Å². The van der Waals surface area contributed by atoms with Crippen molar-refractivity contribution in [3.63, 3.8) is 0 Å². The third kappa shape index (κ3) is 2.42. The first-order valence-corrected chi connectivity index (χ1v) is 5.16. The zero-order valence-corrected chi connectivity index (χ0v) is 8.69. The zero-order valence-electron chi connectivity index (χ0n) is 8.69. The van der Waals surface area contributed by atoms with Crippen molar-refractivity contribution in [3.8, 4) is 0 Å².